The van der Waals surface area contributed by atoms with Crippen molar-refractivity contribution in [2.75, 3.05) is 0 Å². The highest BCUT2D eigenvalue weighted by Crippen LogP contribution is 2.41. The molecule has 20 heavy (non-hydrogen) atoms. The minimum absolute atomic E-state index is 0.193. The van der Waals surface area contributed by atoms with Crippen LogP contribution in [0.1, 0.15) is 37.3 Å². The maximum atomic E-state index is 5.59. The molecule has 102 valence electrons. The van der Waals surface area contributed by atoms with E-state index < -0.39 is 0 Å². The number of rotatable bonds is 1. The van der Waals surface area contributed by atoms with Gasteiger partial charge in [-0.1, -0.05) is 18.2 Å². The Hall–Kier alpha value is -1.83. The van der Waals surface area contributed by atoms with Crippen LogP contribution in [-0.4, -0.2) is 11.3 Å². The summed E-state index contributed by atoms with van der Waals surface area (Å²) in [5.41, 5.74) is 5.71. The van der Waals surface area contributed by atoms with Crippen LogP contribution in [0.3, 0.4) is 0 Å². The molecule has 4 rings (SSSR count). The van der Waals surface area contributed by atoms with Crippen LogP contribution < -0.4 is 0 Å². The Labute approximate surface area is 119 Å². The molecule has 2 aromatic rings. The number of nitrogens with zero attached hydrogens (tertiary/aromatic N) is 1. The molecule has 0 fully saturated rings. The summed E-state index contributed by atoms with van der Waals surface area (Å²) in [5, 5.41) is 0. The first-order valence-corrected chi connectivity index (χ1v) is 7.46. The highest BCUT2D eigenvalue weighted by Gasteiger charge is 2.37. The average Bonchev–Trinajstić information content (AvgIpc) is 3.09. The average molecular weight is 265 g/mol. The van der Waals surface area contributed by atoms with E-state index >= 15 is 0 Å². The van der Waals surface area contributed by atoms with Crippen LogP contribution >= 0.6 is 0 Å². The largest absolute Gasteiger partial charge is 0.464 e. The van der Waals surface area contributed by atoms with Gasteiger partial charge in [0.15, 0.2) is 0 Å². The molecular weight excluding hydrogens is 246 g/mol. The zero-order valence-corrected chi connectivity index (χ0v) is 11.9. The minimum atomic E-state index is 0.193. The molecule has 0 saturated carbocycles. The van der Waals surface area contributed by atoms with E-state index in [-0.39, 0.29) is 5.54 Å². The van der Waals surface area contributed by atoms with Crippen LogP contribution in [0.15, 0.2) is 46.0 Å². The Morgan fingerprint density at radius 3 is 2.75 bits per heavy atom. The lowest BCUT2D eigenvalue weighted by molar-refractivity contribution is 0.374. The van der Waals surface area contributed by atoms with Crippen LogP contribution in [0.25, 0.3) is 11.3 Å². The van der Waals surface area contributed by atoms with Gasteiger partial charge in [0.05, 0.1) is 11.8 Å². The SMILES string of the molecule is CC1=N[C@@]2(CC1)CCc1c(cccc1-c1ccco1)C2. The number of fused-ring (bicyclic) bond motifs is 1. The smallest absolute Gasteiger partial charge is 0.134 e. The first-order valence-electron chi connectivity index (χ1n) is 7.46. The standard InChI is InChI=1S/C18H19NO/c1-13-7-9-18(19-13)10-8-15-14(12-18)4-2-5-16(15)17-6-3-11-20-17/h2-6,11H,7-10,12H2,1H3/t18-/m0/s1. The summed E-state index contributed by atoms with van der Waals surface area (Å²) in [5.74, 6) is 0.990. The molecule has 2 nitrogen and oxygen atoms in total. The second-order valence-electron chi connectivity index (χ2n) is 6.17. The summed E-state index contributed by atoms with van der Waals surface area (Å²) in [4.78, 5) is 4.96. The quantitative estimate of drug-likeness (QED) is 0.749. The fourth-order valence-corrected chi connectivity index (χ4v) is 3.80. The lowest BCUT2D eigenvalue weighted by Crippen LogP contribution is -2.32. The second-order valence-corrected chi connectivity index (χ2v) is 6.17. The van der Waals surface area contributed by atoms with Gasteiger partial charge in [-0.25, -0.2) is 0 Å². The molecule has 1 aliphatic carbocycles. The Balaban J connectivity index is 1.76. The third kappa shape index (κ3) is 1.82. The monoisotopic (exact) mass is 265 g/mol. The molecule has 2 heteroatoms. The molecule has 0 bridgehead atoms. The number of furan rings is 1. The van der Waals surface area contributed by atoms with Gasteiger partial charge in [-0.3, -0.25) is 4.99 Å². The Bertz CT molecular complexity index is 669. The van der Waals surface area contributed by atoms with E-state index in [0.717, 1.165) is 18.6 Å². The predicted octanol–water partition coefficient (Wildman–Crippen LogP) is 4.43. The Kier molecular flexibility index (Phi) is 2.59. The van der Waals surface area contributed by atoms with Gasteiger partial charge in [0, 0.05) is 11.3 Å². The molecule has 1 aromatic carbocycles. The minimum Gasteiger partial charge on any atom is -0.464 e. The van der Waals surface area contributed by atoms with Crippen molar-refractivity contribution in [3.63, 3.8) is 0 Å². The van der Waals surface area contributed by atoms with Crippen molar-refractivity contribution < 1.29 is 4.42 Å². The van der Waals surface area contributed by atoms with Crippen molar-refractivity contribution in [1.29, 1.82) is 0 Å². The Morgan fingerprint density at radius 1 is 1.10 bits per heavy atom. The third-order valence-electron chi connectivity index (χ3n) is 4.80. The van der Waals surface area contributed by atoms with Crippen LogP contribution in [0.5, 0.6) is 0 Å². The molecule has 2 heterocycles. The lowest BCUT2D eigenvalue weighted by atomic mass is 9.75. The zero-order valence-electron chi connectivity index (χ0n) is 11.9. The molecule has 0 N–H and O–H groups in total. The van der Waals surface area contributed by atoms with E-state index in [1.165, 1.54) is 41.7 Å². The number of hydrogen-bond donors (Lipinski definition) is 0. The van der Waals surface area contributed by atoms with E-state index in [1.54, 1.807) is 6.26 Å². The molecule has 0 unspecified atom stereocenters. The summed E-state index contributed by atoms with van der Waals surface area (Å²) in [6, 6.07) is 10.6. The topological polar surface area (TPSA) is 25.5 Å². The third-order valence-corrected chi connectivity index (χ3v) is 4.80. The predicted molar refractivity (Wildman–Crippen MR) is 81.2 cm³/mol. The molecular formula is C18H19NO. The highest BCUT2D eigenvalue weighted by atomic mass is 16.3. The van der Waals surface area contributed by atoms with Crippen LogP contribution in [0.4, 0.5) is 0 Å². The summed E-state index contributed by atoms with van der Waals surface area (Å²) in [6.45, 7) is 2.17. The van der Waals surface area contributed by atoms with Crippen LogP contribution in [-0.2, 0) is 12.8 Å². The summed E-state index contributed by atoms with van der Waals surface area (Å²) >= 11 is 0. The van der Waals surface area contributed by atoms with Gasteiger partial charge < -0.3 is 4.42 Å². The number of benzene rings is 1. The molecule has 2 aliphatic rings. The van der Waals surface area contributed by atoms with Crippen molar-refractivity contribution in [2.45, 2.75) is 44.6 Å². The molecule has 1 aromatic heterocycles. The summed E-state index contributed by atoms with van der Waals surface area (Å²) in [7, 11) is 0. The summed E-state index contributed by atoms with van der Waals surface area (Å²) in [6.07, 6.45) is 7.53. The fourth-order valence-electron chi connectivity index (χ4n) is 3.80. The molecule has 1 spiro atoms. The van der Waals surface area contributed by atoms with Crippen molar-refractivity contribution in [2.24, 2.45) is 4.99 Å². The first kappa shape index (κ1) is 12.0. The van der Waals surface area contributed by atoms with E-state index in [0.29, 0.717) is 0 Å². The highest BCUT2D eigenvalue weighted by molar-refractivity contribution is 5.84. The summed E-state index contributed by atoms with van der Waals surface area (Å²) < 4.78 is 5.59. The van der Waals surface area contributed by atoms with Crippen LogP contribution in [0.2, 0.25) is 0 Å². The van der Waals surface area contributed by atoms with E-state index in [1.807, 2.05) is 6.07 Å². The van der Waals surface area contributed by atoms with E-state index in [9.17, 15) is 0 Å². The van der Waals surface area contributed by atoms with Gasteiger partial charge in [0.2, 0.25) is 0 Å². The van der Waals surface area contributed by atoms with Crippen LogP contribution in [0, 0.1) is 0 Å². The van der Waals surface area contributed by atoms with Crippen molar-refractivity contribution in [3.05, 3.63) is 47.7 Å². The maximum Gasteiger partial charge on any atom is 0.134 e. The van der Waals surface area contributed by atoms with Crippen molar-refractivity contribution in [3.8, 4) is 11.3 Å². The molecule has 0 amide bonds. The van der Waals surface area contributed by atoms with Gasteiger partial charge >= 0.3 is 0 Å². The number of hydrogen-bond acceptors (Lipinski definition) is 2. The van der Waals surface area contributed by atoms with Gasteiger partial charge in [0.25, 0.3) is 0 Å². The Morgan fingerprint density at radius 2 is 2.00 bits per heavy atom. The fraction of sp³-hybridized carbons (Fsp3) is 0.389. The van der Waals surface area contributed by atoms with Gasteiger partial charge in [-0.2, -0.15) is 0 Å². The lowest BCUT2D eigenvalue weighted by Gasteiger charge is -2.33. The molecule has 0 radical (unpaired) electrons. The maximum absolute atomic E-state index is 5.59. The zero-order chi connectivity index (χ0) is 13.6. The molecule has 1 atom stereocenters. The molecule has 0 saturated heterocycles. The van der Waals surface area contributed by atoms with Gasteiger partial charge in [0.1, 0.15) is 5.76 Å². The van der Waals surface area contributed by atoms with E-state index in [2.05, 4.69) is 31.2 Å². The van der Waals surface area contributed by atoms with E-state index in [4.69, 9.17) is 9.41 Å². The van der Waals surface area contributed by atoms with Crippen molar-refractivity contribution >= 4 is 5.71 Å². The van der Waals surface area contributed by atoms with Crippen molar-refractivity contribution in [1.82, 2.24) is 0 Å². The molecule has 1 aliphatic heterocycles. The number of aliphatic imine (C=N–C) groups is 1. The van der Waals surface area contributed by atoms with Gasteiger partial charge in [-0.15, -0.1) is 0 Å². The van der Waals surface area contributed by atoms with Gasteiger partial charge in [-0.05, 0) is 62.3 Å². The first-order chi connectivity index (χ1) is 9.76. The normalized spacial score (nSPS) is 24.8. The second kappa shape index (κ2) is 4.34.